The van der Waals surface area contributed by atoms with E-state index in [2.05, 4.69) is 15.1 Å². The van der Waals surface area contributed by atoms with Gasteiger partial charge in [-0.2, -0.15) is 4.98 Å². The Bertz CT molecular complexity index is 1000. The molecule has 2 heterocycles. The summed E-state index contributed by atoms with van der Waals surface area (Å²) in [7, 11) is 0. The molecule has 0 aliphatic rings. The fraction of sp³-hybridized carbons (Fsp3) is 0.316. The number of esters is 1. The van der Waals surface area contributed by atoms with Gasteiger partial charge in [-0.25, -0.2) is 9.78 Å². The van der Waals surface area contributed by atoms with Crippen molar-refractivity contribution in [3.63, 3.8) is 0 Å². The van der Waals surface area contributed by atoms with Crippen molar-refractivity contribution < 1.29 is 18.8 Å². The predicted molar refractivity (Wildman–Crippen MR) is 110 cm³/mol. The minimum absolute atomic E-state index is 0.0344. The molecular weight excluding hydrogens is 412 g/mol. The summed E-state index contributed by atoms with van der Waals surface area (Å²) in [5.74, 6) is 1.01. The number of nitrogens with zero attached hydrogens (tertiary/aromatic N) is 4. The third-order valence-corrected chi connectivity index (χ3v) is 5.82. The predicted octanol–water partition coefficient (Wildman–Crippen LogP) is 3.86. The van der Waals surface area contributed by atoms with Crippen molar-refractivity contribution in [2.75, 3.05) is 11.4 Å². The first-order valence-electron chi connectivity index (χ1n) is 8.88. The topological polar surface area (TPSA) is 98.4 Å². The number of hydrogen-bond donors (Lipinski definition) is 0. The first-order chi connectivity index (χ1) is 14.0. The van der Waals surface area contributed by atoms with E-state index in [0.717, 1.165) is 4.90 Å². The monoisotopic (exact) mass is 432 g/mol. The Morgan fingerprint density at radius 3 is 2.76 bits per heavy atom. The zero-order chi connectivity index (χ0) is 20.8. The highest BCUT2D eigenvalue weighted by atomic mass is 32.2. The quantitative estimate of drug-likeness (QED) is 0.391. The Kier molecular flexibility index (Phi) is 6.99. The highest BCUT2D eigenvalue weighted by Crippen LogP contribution is 2.27. The van der Waals surface area contributed by atoms with Gasteiger partial charge in [-0.3, -0.25) is 9.69 Å². The van der Waals surface area contributed by atoms with Crippen molar-refractivity contribution in [3.05, 3.63) is 52.6 Å². The normalized spacial score (nSPS) is 10.7. The Balaban J connectivity index is 1.62. The number of aromatic nitrogens is 3. The van der Waals surface area contributed by atoms with Crippen molar-refractivity contribution in [3.8, 4) is 0 Å². The number of amides is 1. The van der Waals surface area contributed by atoms with E-state index in [0.29, 0.717) is 40.4 Å². The number of thioether (sulfide) groups is 1. The molecule has 0 saturated carbocycles. The Labute approximate surface area is 176 Å². The molecular formula is C19H20N4O4S2. The second-order valence-corrected chi connectivity index (χ2v) is 7.83. The van der Waals surface area contributed by atoms with E-state index >= 15 is 0 Å². The van der Waals surface area contributed by atoms with Crippen molar-refractivity contribution in [2.45, 2.75) is 38.0 Å². The Morgan fingerprint density at radius 2 is 2.07 bits per heavy atom. The summed E-state index contributed by atoms with van der Waals surface area (Å²) in [6.07, 6.45) is 0. The highest BCUT2D eigenvalue weighted by Gasteiger charge is 2.17. The summed E-state index contributed by atoms with van der Waals surface area (Å²) in [5, 5.41) is 6.14. The number of anilines is 1. The van der Waals surface area contributed by atoms with E-state index in [1.54, 1.807) is 29.3 Å². The molecule has 152 valence electrons. The fourth-order valence-electron chi connectivity index (χ4n) is 2.50. The van der Waals surface area contributed by atoms with Crippen LogP contribution in [0.25, 0.3) is 0 Å². The van der Waals surface area contributed by atoms with E-state index in [4.69, 9.17) is 9.26 Å². The summed E-state index contributed by atoms with van der Waals surface area (Å²) in [4.78, 5) is 35.1. The van der Waals surface area contributed by atoms with Gasteiger partial charge >= 0.3 is 5.97 Å². The lowest BCUT2D eigenvalue weighted by Gasteiger charge is -2.14. The Hall–Kier alpha value is -2.72. The van der Waals surface area contributed by atoms with Gasteiger partial charge in [-0.05, 0) is 26.0 Å². The van der Waals surface area contributed by atoms with Crippen LogP contribution in [-0.4, -0.2) is 33.5 Å². The lowest BCUT2D eigenvalue weighted by molar-refractivity contribution is -0.116. The third kappa shape index (κ3) is 5.42. The van der Waals surface area contributed by atoms with Gasteiger partial charge in [0.1, 0.15) is 6.61 Å². The molecule has 0 N–H and O–H groups in total. The maximum Gasteiger partial charge on any atom is 0.339 e. The summed E-state index contributed by atoms with van der Waals surface area (Å²) >= 11 is 2.77. The molecule has 3 aromatic rings. The standard InChI is InChI=1S/C19H20N4O4S2/c1-4-23(13(3)24)19-21-14(10-29-19)9-26-18(25)15-7-5-6-8-16(15)28-11-17-20-12(2)22-27-17/h5-8,10H,4,9,11H2,1-3H3. The Morgan fingerprint density at radius 1 is 1.28 bits per heavy atom. The van der Waals surface area contributed by atoms with Crippen LogP contribution in [0.4, 0.5) is 5.13 Å². The molecule has 0 aliphatic carbocycles. The molecule has 29 heavy (non-hydrogen) atoms. The van der Waals surface area contributed by atoms with Crippen LogP contribution in [0.15, 0.2) is 39.1 Å². The highest BCUT2D eigenvalue weighted by molar-refractivity contribution is 7.98. The summed E-state index contributed by atoms with van der Waals surface area (Å²) in [5.41, 5.74) is 1.06. The van der Waals surface area contributed by atoms with E-state index in [1.165, 1.54) is 30.0 Å². The van der Waals surface area contributed by atoms with Gasteiger partial charge in [-0.1, -0.05) is 17.3 Å². The molecule has 0 spiro atoms. The van der Waals surface area contributed by atoms with Gasteiger partial charge in [0, 0.05) is 23.7 Å². The molecule has 0 radical (unpaired) electrons. The maximum atomic E-state index is 12.6. The van der Waals surface area contributed by atoms with Gasteiger partial charge in [0.25, 0.3) is 0 Å². The SMILES string of the molecule is CCN(C(C)=O)c1nc(COC(=O)c2ccccc2SCc2nc(C)no2)cs1. The number of ether oxygens (including phenoxy) is 1. The molecule has 0 aliphatic heterocycles. The first kappa shape index (κ1) is 21.0. The molecule has 3 rings (SSSR count). The number of benzene rings is 1. The molecule has 0 atom stereocenters. The van der Waals surface area contributed by atoms with Crippen LogP contribution >= 0.6 is 23.1 Å². The van der Waals surface area contributed by atoms with Gasteiger partial charge in [0.2, 0.25) is 11.8 Å². The average Bonchev–Trinajstić information content (AvgIpc) is 3.34. The van der Waals surface area contributed by atoms with Crippen LogP contribution in [0.2, 0.25) is 0 Å². The summed E-state index contributed by atoms with van der Waals surface area (Å²) < 4.78 is 10.5. The maximum absolute atomic E-state index is 12.6. The summed E-state index contributed by atoms with van der Waals surface area (Å²) in [6, 6.07) is 7.19. The zero-order valence-electron chi connectivity index (χ0n) is 16.2. The molecule has 0 saturated heterocycles. The van der Waals surface area contributed by atoms with Crippen molar-refractivity contribution in [1.29, 1.82) is 0 Å². The van der Waals surface area contributed by atoms with Crippen molar-refractivity contribution in [1.82, 2.24) is 15.1 Å². The van der Waals surface area contributed by atoms with Gasteiger partial charge in [0.15, 0.2) is 11.0 Å². The molecule has 8 nitrogen and oxygen atoms in total. The smallest absolute Gasteiger partial charge is 0.339 e. The van der Waals surface area contributed by atoms with Crippen molar-refractivity contribution in [2.24, 2.45) is 0 Å². The number of hydrogen-bond acceptors (Lipinski definition) is 9. The van der Waals surface area contributed by atoms with E-state index in [-0.39, 0.29) is 12.5 Å². The van der Waals surface area contributed by atoms with Crippen LogP contribution < -0.4 is 4.90 Å². The molecule has 0 bridgehead atoms. The van der Waals surface area contributed by atoms with Crippen LogP contribution in [0, 0.1) is 6.92 Å². The lowest BCUT2D eigenvalue weighted by atomic mass is 10.2. The molecule has 0 fully saturated rings. The summed E-state index contributed by atoms with van der Waals surface area (Å²) in [6.45, 7) is 5.70. The average molecular weight is 433 g/mol. The van der Waals surface area contributed by atoms with Crippen molar-refractivity contribution >= 4 is 40.1 Å². The first-order valence-corrected chi connectivity index (χ1v) is 10.7. The fourth-order valence-corrected chi connectivity index (χ4v) is 4.29. The lowest BCUT2D eigenvalue weighted by Crippen LogP contribution is -2.27. The zero-order valence-corrected chi connectivity index (χ0v) is 17.9. The molecule has 1 amide bonds. The van der Waals surface area contributed by atoms with Crippen LogP contribution in [-0.2, 0) is 21.9 Å². The van der Waals surface area contributed by atoms with E-state index < -0.39 is 5.97 Å². The number of carbonyl (C=O) groups excluding carboxylic acids is 2. The number of carbonyl (C=O) groups is 2. The van der Waals surface area contributed by atoms with E-state index in [9.17, 15) is 9.59 Å². The number of rotatable bonds is 8. The van der Waals surface area contributed by atoms with Crippen LogP contribution in [0.5, 0.6) is 0 Å². The minimum Gasteiger partial charge on any atom is -0.456 e. The van der Waals surface area contributed by atoms with E-state index in [1.807, 2.05) is 19.1 Å². The minimum atomic E-state index is -0.441. The molecule has 1 aromatic carbocycles. The van der Waals surface area contributed by atoms with Gasteiger partial charge in [0.05, 0.1) is 17.0 Å². The van der Waals surface area contributed by atoms with Gasteiger partial charge < -0.3 is 9.26 Å². The number of thiazole rings is 1. The second-order valence-electron chi connectivity index (χ2n) is 5.98. The molecule has 2 aromatic heterocycles. The largest absolute Gasteiger partial charge is 0.456 e. The van der Waals surface area contributed by atoms with Crippen LogP contribution in [0.3, 0.4) is 0 Å². The van der Waals surface area contributed by atoms with Crippen LogP contribution in [0.1, 0.15) is 41.6 Å². The molecule has 10 heteroatoms. The van der Waals surface area contributed by atoms with Gasteiger partial charge in [-0.15, -0.1) is 23.1 Å². The number of aryl methyl sites for hydroxylation is 1. The second kappa shape index (κ2) is 9.66. The molecule has 0 unspecified atom stereocenters. The third-order valence-electron chi connectivity index (χ3n) is 3.85.